The molecule has 0 bridgehead atoms. The van der Waals surface area contributed by atoms with Gasteiger partial charge in [0.25, 0.3) is 0 Å². The molecule has 0 N–H and O–H groups in total. The van der Waals surface area contributed by atoms with Gasteiger partial charge in [-0.25, -0.2) is 0 Å². The van der Waals surface area contributed by atoms with Gasteiger partial charge in [-0.3, -0.25) is 0 Å². The van der Waals surface area contributed by atoms with Gasteiger partial charge in [0.05, 0.1) is 14.2 Å². The third kappa shape index (κ3) is 4.53. The number of halogens is 2. The zero-order chi connectivity index (χ0) is 15.2. The molecule has 1 unspecified atom stereocenters. The molecule has 21 heavy (non-hydrogen) atoms. The standard InChI is InChI=1S/C17H24BrClO2/c1-20-16-10-13(15(19)11-17(16)21-2)14(18)9-8-12-6-4-3-5-7-12/h10-12,14H,3-9H2,1-2H3. The molecule has 0 aliphatic heterocycles. The van der Waals surface area contributed by atoms with Crippen molar-refractivity contribution >= 4 is 27.5 Å². The molecule has 1 atom stereocenters. The van der Waals surface area contributed by atoms with Crippen LogP contribution in [0.15, 0.2) is 12.1 Å². The van der Waals surface area contributed by atoms with Crippen LogP contribution in [0.5, 0.6) is 11.5 Å². The summed E-state index contributed by atoms with van der Waals surface area (Å²) in [7, 11) is 3.28. The first kappa shape index (κ1) is 17.0. The largest absolute Gasteiger partial charge is 0.493 e. The van der Waals surface area contributed by atoms with Gasteiger partial charge in [0, 0.05) is 15.9 Å². The van der Waals surface area contributed by atoms with Gasteiger partial charge in [-0.2, -0.15) is 0 Å². The number of benzene rings is 1. The van der Waals surface area contributed by atoms with E-state index in [0.717, 1.165) is 28.7 Å². The van der Waals surface area contributed by atoms with Crippen LogP contribution in [0.1, 0.15) is 55.3 Å². The molecule has 4 heteroatoms. The summed E-state index contributed by atoms with van der Waals surface area (Å²) in [6.07, 6.45) is 9.36. The quantitative estimate of drug-likeness (QED) is 0.555. The molecule has 1 aromatic carbocycles. The molecular formula is C17H24BrClO2. The summed E-state index contributed by atoms with van der Waals surface area (Å²) in [5, 5.41) is 0.734. The Balaban J connectivity index is 2.02. The van der Waals surface area contributed by atoms with E-state index in [9.17, 15) is 0 Å². The van der Waals surface area contributed by atoms with Crippen molar-refractivity contribution < 1.29 is 9.47 Å². The van der Waals surface area contributed by atoms with Crippen molar-refractivity contribution in [3.05, 3.63) is 22.7 Å². The van der Waals surface area contributed by atoms with Crippen molar-refractivity contribution in [2.45, 2.75) is 49.8 Å². The van der Waals surface area contributed by atoms with Gasteiger partial charge in [-0.1, -0.05) is 59.6 Å². The monoisotopic (exact) mass is 374 g/mol. The van der Waals surface area contributed by atoms with Crippen molar-refractivity contribution in [2.24, 2.45) is 5.92 Å². The summed E-state index contributed by atoms with van der Waals surface area (Å²) in [6.45, 7) is 0. The van der Waals surface area contributed by atoms with E-state index in [0.29, 0.717) is 5.75 Å². The SMILES string of the molecule is COc1cc(Cl)c(C(Br)CCC2CCCCC2)cc1OC. The fourth-order valence-electron chi connectivity index (χ4n) is 3.12. The first-order chi connectivity index (χ1) is 10.2. The average Bonchev–Trinajstić information content (AvgIpc) is 2.53. The highest BCUT2D eigenvalue weighted by Gasteiger charge is 2.19. The van der Waals surface area contributed by atoms with Crippen molar-refractivity contribution in [3.63, 3.8) is 0 Å². The second kappa shape index (κ2) is 8.28. The molecule has 1 aliphatic rings. The van der Waals surface area contributed by atoms with E-state index >= 15 is 0 Å². The van der Waals surface area contributed by atoms with Crippen LogP contribution in [0, 0.1) is 5.92 Å². The van der Waals surface area contributed by atoms with E-state index in [2.05, 4.69) is 15.9 Å². The number of ether oxygens (including phenoxy) is 2. The normalized spacial score (nSPS) is 17.5. The van der Waals surface area contributed by atoms with Crippen LogP contribution in [-0.4, -0.2) is 14.2 Å². The molecule has 0 radical (unpaired) electrons. The first-order valence-electron chi connectivity index (χ1n) is 7.71. The second-order valence-electron chi connectivity index (χ2n) is 5.78. The van der Waals surface area contributed by atoms with Gasteiger partial charge >= 0.3 is 0 Å². The van der Waals surface area contributed by atoms with Crippen LogP contribution in [0.25, 0.3) is 0 Å². The Morgan fingerprint density at radius 3 is 2.38 bits per heavy atom. The maximum Gasteiger partial charge on any atom is 0.162 e. The fraction of sp³-hybridized carbons (Fsp3) is 0.647. The Bertz CT molecular complexity index is 458. The Morgan fingerprint density at radius 2 is 1.76 bits per heavy atom. The van der Waals surface area contributed by atoms with Crippen molar-refractivity contribution in [2.75, 3.05) is 14.2 Å². The minimum Gasteiger partial charge on any atom is -0.493 e. The summed E-state index contributed by atoms with van der Waals surface area (Å²) >= 11 is 10.2. The predicted molar refractivity (Wildman–Crippen MR) is 92.0 cm³/mol. The van der Waals surface area contributed by atoms with E-state index in [1.807, 2.05) is 12.1 Å². The van der Waals surface area contributed by atoms with E-state index in [1.165, 1.54) is 38.5 Å². The Morgan fingerprint density at radius 1 is 1.14 bits per heavy atom. The number of methoxy groups -OCH3 is 2. The van der Waals surface area contributed by atoms with E-state index < -0.39 is 0 Å². The van der Waals surface area contributed by atoms with Crippen LogP contribution in [0.3, 0.4) is 0 Å². The lowest BCUT2D eigenvalue weighted by Gasteiger charge is -2.23. The minimum atomic E-state index is 0.270. The van der Waals surface area contributed by atoms with Gasteiger partial charge in [-0.15, -0.1) is 0 Å². The lowest BCUT2D eigenvalue weighted by molar-refractivity contribution is 0.332. The fourth-order valence-corrected chi connectivity index (χ4v) is 4.18. The zero-order valence-electron chi connectivity index (χ0n) is 12.8. The maximum atomic E-state index is 6.39. The van der Waals surface area contributed by atoms with Crippen LogP contribution in [0.2, 0.25) is 5.02 Å². The highest BCUT2D eigenvalue weighted by atomic mass is 79.9. The molecule has 0 saturated heterocycles. The molecule has 0 amide bonds. The van der Waals surface area contributed by atoms with Crippen LogP contribution >= 0.6 is 27.5 Å². The van der Waals surface area contributed by atoms with Gasteiger partial charge in [0.15, 0.2) is 11.5 Å². The lowest BCUT2D eigenvalue weighted by Crippen LogP contribution is -2.07. The van der Waals surface area contributed by atoms with Crippen LogP contribution in [0.4, 0.5) is 0 Å². The van der Waals surface area contributed by atoms with Gasteiger partial charge in [0.2, 0.25) is 0 Å². The summed E-state index contributed by atoms with van der Waals surface area (Å²) < 4.78 is 10.7. The Kier molecular flexibility index (Phi) is 6.69. The van der Waals surface area contributed by atoms with Crippen molar-refractivity contribution in [1.29, 1.82) is 0 Å². The molecule has 1 aromatic rings. The Labute approximate surface area is 141 Å². The molecule has 2 rings (SSSR count). The van der Waals surface area contributed by atoms with Crippen LogP contribution < -0.4 is 9.47 Å². The molecule has 2 nitrogen and oxygen atoms in total. The third-order valence-electron chi connectivity index (χ3n) is 4.39. The summed E-state index contributed by atoms with van der Waals surface area (Å²) in [5.41, 5.74) is 1.09. The molecule has 118 valence electrons. The van der Waals surface area contributed by atoms with Gasteiger partial charge in [-0.05, 0) is 30.4 Å². The van der Waals surface area contributed by atoms with Gasteiger partial charge in [0.1, 0.15) is 0 Å². The van der Waals surface area contributed by atoms with Crippen LogP contribution in [-0.2, 0) is 0 Å². The molecular weight excluding hydrogens is 352 g/mol. The minimum absolute atomic E-state index is 0.270. The maximum absolute atomic E-state index is 6.39. The number of rotatable bonds is 6. The van der Waals surface area contributed by atoms with Gasteiger partial charge < -0.3 is 9.47 Å². The molecule has 0 aromatic heterocycles. The molecule has 1 saturated carbocycles. The Hall–Kier alpha value is -0.410. The molecule has 1 aliphatic carbocycles. The number of hydrogen-bond donors (Lipinski definition) is 0. The third-order valence-corrected chi connectivity index (χ3v) is 5.67. The highest BCUT2D eigenvalue weighted by molar-refractivity contribution is 9.09. The van der Waals surface area contributed by atoms with E-state index in [1.54, 1.807) is 14.2 Å². The zero-order valence-corrected chi connectivity index (χ0v) is 15.2. The van der Waals surface area contributed by atoms with Crippen molar-refractivity contribution in [1.82, 2.24) is 0 Å². The second-order valence-corrected chi connectivity index (χ2v) is 7.29. The molecule has 1 fully saturated rings. The number of hydrogen-bond acceptors (Lipinski definition) is 2. The molecule has 0 heterocycles. The summed E-state index contributed by atoms with van der Waals surface area (Å²) in [5.74, 6) is 2.30. The molecule has 0 spiro atoms. The lowest BCUT2D eigenvalue weighted by atomic mass is 9.85. The summed E-state index contributed by atoms with van der Waals surface area (Å²) in [6, 6.07) is 3.83. The summed E-state index contributed by atoms with van der Waals surface area (Å²) in [4.78, 5) is 0.270. The topological polar surface area (TPSA) is 18.5 Å². The van der Waals surface area contributed by atoms with E-state index in [-0.39, 0.29) is 4.83 Å². The van der Waals surface area contributed by atoms with E-state index in [4.69, 9.17) is 21.1 Å². The average molecular weight is 376 g/mol. The number of alkyl halides is 1. The highest BCUT2D eigenvalue weighted by Crippen LogP contribution is 2.41. The smallest absolute Gasteiger partial charge is 0.162 e. The first-order valence-corrected chi connectivity index (χ1v) is 9.00. The predicted octanol–water partition coefficient (Wildman–Crippen LogP) is 6.15. The van der Waals surface area contributed by atoms with Crippen molar-refractivity contribution in [3.8, 4) is 11.5 Å².